The fourth-order valence-electron chi connectivity index (χ4n) is 1.52. The van der Waals surface area contributed by atoms with Crippen LogP contribution in [-0.2, 0) is 14.3 Å². The van der Waals surface area contributed by atoms with E-state index in [1.165, 1.54) is 12.1 Å². The zero-order valence-electron chi connectivity index (χ0n) is 12.4. The van der Waals surface area contributed by atoms with Crippen molar-refractivity contribution in [3.05, 3.63) is 42.5 Å². The molecule has 0 heterocycles. The molecular formula is C15H15F3O6. The Morgan fingerprint density at radius 1 is 1.29 bits per heavy atom. The summed E-state index contributed by atoms with van der Waals surface area (Å²) >= 11 is 0. The summed E-state index contributed by atoms with van der Waals surface area (Å²) in [5, 5.41) is 9.46. The normalized spacial score (nSPS) is 12.3. The Balaban J connectivity index is 2.44. The topological polar surface area (TPSA) is 82.1 Å². The van der Waals surface area contributed by atoms with Gasteiger partial charge in [-0.15, -0.1) is 13.2 Å². The van der Waals surface area contributed by atoms with E-state index >= 15 is 0 Å². The summed E-state index contributed by atoms with van der Waals surface area (Å²) in [4.78, 5) is 22.6. The lowest BCUT2D eigenvalue weighted by Gasteiger charge is -2.11. The predicted octanol–water partition coefficient (Wildman–Crippen LogP) is 1.87. The van der Waals surface area contributed by atoms with E-state index in [9.17, 15) is 27.9 Å². The number of carbonyl (C=O) groups excluding carboxylic acids is 2. The fourth-order valence-corrected chi connectivity index (χ4v) is 1.52. The SMILES string of the molecule is C=CC(=O)OCC(O)COCC(=O)c1cccc(OC(F)(F)F)c1. The molecule has 0 aliphatic heterocycles. The first-order valence-electron chi connectivity index (χ1n) is 6.65. The lowest BCUT2D eigenvalue weighted by atomic mass is 10.1. The van der Waals surface area contributed by atoms with Gasteiger partial charge in [0.1, 0.15) is 25.1 Å². The first-order valence-corrected chi connectivity index (χ1v) is 6.65. The van der Waals surface area contributed by atoms with Gasteiger partial charge in [0.2, 0.25) is 0 Å². The van der Waals surface area contributed by atoms with Gasteiger partial charge in [-0.25, -0.2) is 4.79 Å². The molecule has 0 saturated carbocycles. The van der Waals surface area contributed by atoms with Crippen LogP contribution in [0.15, 0.2) is 36.9 Å². The molecule has 0 aliphatic carbocycles. The largest absolute Gasteiger partial charge is 0.573 e. The van der Waals surface area contributed by atoms with Crippen molar-refractivity contribution < 1.29 is 42.1 Å². The van der Waals surface area contributed by atoms with Gasteiger partial charge < -0.3 is 19.3 Å². The molecule has 0 radical (unpaired) electrons. The molecule has 24 heavy (non-hydrogen) atoms. The van der Waals surface area contributed by atoms with Crippen molar-refractivity contribution in [2.24, 2.45) is 0 Å². The number of benzene rings is 1. The summed E-state index contributed by atoms with van der Waals surface area (Å²) in [6.07, 6.45) is -5.08. The first kappa shape index (κ1) is 19.7. The highest BCUT2D eigenvalue weighted by atomic mass is 19.4. The minimum Gasteiger partial charge on any atom is -0.460 e. The number of ketones is 1. The van der Waals surface area contributed by atoms with Gasteiger partial charge in [-0.3, -0.25) is 4.79 Å². The highest BCUT2D eigenvalue weighted by molar-refractivity contribution is 5.97. The zero-order chi connectivity index (χ0) is 18.2. The third-order valence-corrected chi connectivity index (χ3v) is 2.52. The third-order valence-electron chi connectivity index (χ3n) is 2.52. The van der Waals surface area contributed by atoms with Crippen molar-refractivity contribution in [3.63, 3.8) is 0 Å². The maximum atomic E-state index is 12.1. The molecule has 1 aromatic carbocycles. The Labute approximate surface area is 135 Å². The van der Waals surface area contributed by atoms with Crippen molar-refractivity contribution in [1.82, 2.24) is 0 Å². The van der Waals surface area contributed by atoms with Gasteiger partial charge >= 0.3 is 12.3 Å². The van der Waals surface area contributed by atoms with Crippen LogP contribution in [-0.4, -0.2) is 49.1 Å². The second-order valence-corrected chi connectivity index (χ2v) is 4.50. The lowest BCUT2D eigenvalue weighted by Crippen LogP contribution is -2.25. The van der Waals surface area contributed by atoms with E-state index in [0.29, 0.717) is 0 Å². The quantitative estimate of drug-likeness (QED) is 0.417. The monoisotopic (exact) mass is 348 g/mol. The summed E-state index contributed by atoms with van der Waals surface area (Å²) in [5.41, 5.74) is -0.0377. The summed E-state index contributed by atoms with van der Waals surface area (Å²) in [5.74, 6) is -1.84. The standard InChI is InChI=1S/C15H15F3O6/c1-2-14(21)23-8-11(19)7-22-9-13(20)10-4-3-5-12(6-10)24-15(16,17)18/h2-6,11,19H,1,7-9H2. The van der Waals surface area contributed by atoms with E-state index in [1.54, 1.807) is 0 Å². The van der Waals surface area contributed by atoms with E-state index in [-0.39, 0.29) is 18.8 Å². The summed E-state index contributed by atoms with van der Waals surface area (Å²) < 4.78 is 49.6. The fraction of sp³-hybridized carbons (Fsp3) is 0.333. The molecule has 0 spiro atoms. The molecule has 1 aromatic rings. The van der Waals surface area contributed by atoms with Gasteiger partial charge in [-0.2, -0.15) is 0 Å². The van der Waals surface area contributed by atoms with Gasteiger partial charge in [0.15, 0.2) is 5.78 Å². The summed E-state index contributed by atoms with van der Waals surface area (Å²) in [7, 11) is 0. The Morgan fingerprint density at radius 3 is 2.62 bits per heavy atom. The molecule has 0 bridgehead atoms. The van der Waals surface area contributed by atoms with Gasteiger partial charge in [-0.05, 0) is 12.1 Å². The van der Waals surface area contributed by atoms with Crippen molar-refractivity contribution in [2.75, 3.05) is 19.8 Å². The van der Waals surface area contributed by atoms with Crippen molar-refractivity contribution in [2.45, 2.75) is 12.5 Å². The number of rotatable bonds is 9. The minimum atomic E-state index is -4.86. The van der Waals surface area contributed by atoms with E-state index in [0.717, 1.165) is 18.2 Å². The number of halogens is 3. The van der Waals surface area contributed by atoms with Gasteiger partial charge in [0.25, 0.3) is 0 Å². The van der Waals surface area contributed by atoms with Crippen LogP contribution in [0, 0.1) is 0 Å². The second kappa shape index (κ2) is 9.04. The number of esters is 1. The van der Waals surface area contributed by atoms with Crippen LogP contribution in [0.3, 0.4) is 0 Å². The average molecular weight is 348 g/mol. The van der Waals surface area contributed by atoms with Crippen LogP contribution in [0.4, 0.5) is 13.2 Å². The van der Waals surface area contributed by atoms with Crippen molar-refractivity contribution in [3.8, 4) is 5.75 Å². The maximum Gasteiger partial charge on any atom is 0.573 e. The van der Waals surface area contributed by atoms with Crippen LogP contribution >= 0.6 is 0 Å². The molecule has 9 heteroatoms. The number of aliphatic hydroxyl groups is 1. The Morgan fingerprint density at radius 2 is 2.00 bits per heavy atom. The zero-order valence-corrected chi connectivity index (χ0v) is 12.4. The molecule has 1 atom stereocenters. The second-order valence-electron chi connectivity index (χ2n) is 4.50. The number of aliphatic hydroxyl groups excluding tert-OH is 1. The van der Waals surface area contributed by atoms with Gasteiger partial charge in [0, 0.05) is 11.6 Å². The minimum absolute atomic E-state index is 0.0377. The summed E-state index contributed by atoms with van der Waals surface area (Å²) in [6.45, 7) is 2.07. The third kappa shape index (κ3) is 7.75. The smallest absolute Gasteiger partial charge is 0.460 e. The molecule has 0 fully saturated rings. The number of hydrogen-bond donors (Lipinski definition) is 1. The number of hydrogen-bond acceptors (Lipinski definition) is 6. The predicted molar refractivity (Wildman–Crippen MR) is 75.4 cm³/mol. The van der Waals surface area contributed by atoms with Crippen LogP contribution in [0.5, 0.6) is 5.75 Å². The number of carbonyl (C=O) groups is 2. The number of alkyl halides is 3. The van der Waals surface area contributed by atoms with E-state index in [4.69, 9.17) is 4.74 Å². The molecular weight excluding hydrogens is 333 g/mol. The first-order chi connectivity index (χ1) is 11.2. The van der Waals surface area contributed by atoms with Gasteiger partial charge in [0.05, 0.1) is 6.61 Å². The Kier molecular flexibility index (Phi) is 7.40. The number of Topliss-reactive ketones (excluding diaryl/α,β-unsaturated/α-hetero) is 1. The van der Waals surface area contributed by atoms with Crippen molar-refractivity contribution >= 4 is 11.8 Å². The van der Waals surface area contributed by atoms with Crippen LogP contribution < -0.4 is 4.74 Å². The molecule has 1 unspecified atom stereocenters. The average Bonchev–Trinajstić information content (AvgIpc) is 2.51. The highest BCUT2D eigenvalue weighted by Crippen LogP contribution is 2.23. The lowest BCUT2D eigenvalue weighted by molar-refractivity contribution is -0.274. The van der Waals surface area contributed by atoms with E-state index in [2.05, 4.69) is 16.1 Å². The molecule has 6 nitrogen and oxygen atoms in total. The number of ether oxygens (including phenoxy) is 3. The molecule has 0 aromatic heterocycles. The molecule has 1 N–H and O–H groups in total. The van der Waals surface area contributed by atoms with E-state index in [1.807, 2.05) is 0 Å². The highest BCUT2D eigenvalue weighted by Gasteiger charge is 2.31. The molecule has 0 saturated heterocycles. The van der Waals surface area contributed by atoms with E-state index < -0.39 is 36.6 Å². The van der Waals surface area contributed by atoms with Crippen LogP contribution in [0.1, 0.15) is 10.4 Å². The molecule has 0 aliphatic rings. The Hall–Kier alpha value is -2.39. The Bertz CT molecular complexity index is 585. The molecule has 132 valence electrons. The molecule has 1 rings (SSSR count). The van der Waals surface area contributed by atoms with Crippen molar-refractivity contribution in [1.29, 1.82) is 0 Å². The van der Waals surface area contributed by atoms with Crippen LogP contribution in [0.25, 0.3) is 0 Å². The maximum absolute atomic E-state index is 12.1. The van der Waals surface area contributed by atoms with Gasteiger partial charge in [-0.1, -0.05) is 18.7 Å². The molecule has 0 amide bonds. The summed E-state index contributed by atoms with van der Waals surface area (Å²) in [6, 6.07) is 4.53. The van der Waals surface area contributed by atoms with Crippen LogP contribution in [0.2, 0.25) is 0 Å².